The molecule has 17 heavy (non-hydrogen) atoms. The van der Waals surface area contributed by atoms with Gasteiger partial charge in [-0.2, -0.15) is 0 Å². The molecule has 0 heterocycles. The summed E-state index contributed by atoms with van der Waals surface area (Å²) in [7, 11) is 7.31. The fraction of sp³-hybridized carbons (Fsp3) is 0.143. The largest absolute Gasteiger partial charge is 0.496 e. The van der Waals surface area contributed by atoms with E-state index in [1.165, 1.54) is 0 Å². The normalized spacial score (nSPS) is 10.2. The molecule has 84 valence electrons. The number of methoxy groups -OCH3 is 1. The molecular weight excluding hydrogens is 230 g/mol. The molecule has 0 unspecified atom stereocenters. The Labute approximate surface area is 108 Å². The van der Waals surface area contributed by atoms with Crippen molar-refractivity contribution in [1.82, 2.24) is 0 Å². The van der Waals surface area contributed by atoms with Crippen LogP contribution < -0.4 is 4.74 Å². The van der Waals surface area contributed by atoms with Crippen LogP contribution in [0.3, 0.4) is 0 Å². The standard InChI is InChI=1S/C14H12BClO/c1-17-14-6-5-10(9-15)7-13(14)11-3-2-4-12(16)8-11/h2-8H,9H2,1H3. The number of hydrogen-bond donors (Lipinski definition) is 0. The van der Waals surface area contributed by atoms with E-state index in [9.17, 15) is 0 Å². The smallest absolute Gasteiger partial charge is 0.126 e. The molecular formula is C14H12BClO. The maximum Gasteiger partial charge on any atom is 0.126 e. The molecule has 0 saturated carbocycles. The third-order valence-electron chi connectivity index (χ3n) is 2.64. The highest BCUT2D eigenvalue weighted by molar-refractivity contribution is 6.30. The summed E-state index contributed by atoms with van der Waals surface area (Å²) in [5.41, 5.74) is 3.11. The number of hydrogen-bond acceptors (Lipinski definition) is 1. The maximum atomic E-state index is 6.00. The highest BCUT2D eigenvalue weighted by Gasteiger charge is 2.06. The van der Waals surface area contributed by atoms with Gasteiger partial charge in [0, 0.05) is 10.6 Å². The third kappa shape index (κ3) is 2.64. The van der Waals surface area contributed by atoms with E-state index in [-0.39, 0.29) is 0 Å². The van der Waals surface area contributed by atoms with Gasteiger partial charge in [-0.3, -0.25) is 0 Å². The van der Waals surface area contributed by atoms with Crippen molar-refractivity contribution in [3.05, 3.63) is 53.1 Å². The number of benzene rings is 2. The second kappa shape index (κ2) is 5.28. The van der Waals surface area contributed by atoms with Crippen LogP contribution in [0, 0.1) is 0 Å². The molecule has 3 heteroatoms. The van der Waals surface area contributed by atoms with Crippen molar-refractivity contribution in [2.45, 2.75) is 6.32 Å². The van der Waals surface area contributed by atoms with Crippen LogP contribution >= 0.6 is 11.6 Å². The molecule has 0 aliphatic carbocycles. The summed E-state index contributed by atoms with van der Waals surface area (Å²) in [6, 6.07) is 13.6. The summed E-state index contributed by atoms with van der Waals surface area (Å²) in [5.74, 6) is 0.824. The maximum absolute atomic E-state index is 6.00. The Morgan fingerprint density at radius 1 is 1.18 bits per heavy atom. The van der Waals surface area contributed by atoms with Gasteiger partial charge in [0.1, 0.15) is 5.75 Å². The molecule has 2 aromatic rings. The Morgan fingerprint density at radius 3 is 2.65 bits per heavy atom. The van der Waals surface area contributed by atoms with Gasteiger partial charge in [0.2, 0.25) is 0 Å². The average Bonchev–Trinajstić information content (AvgIpc) is 2.38. The van der Waals surface area contributed by atoms with E-state index >= 15 is 0 Å². The van der Waals surface area contributed by atoms with Crippen LogP contribution in [0.5, 0.6) is 5.75 Å². The molecule has 0 saturated heterocycles. The minimum absolute atomic E-state index is 0.511. The van der Waals surface area contributed by atoms with Crippen molar-refractivity contribution >= 4 is 19.4 Å². The van der Waals surface area contributed by atoms with Crippen LogP contribution in [-0.2, 0) is 6.32 Å². The van der Waals surface area contributed by atoms with Crippen LogP contribution in [0.4, 0.5) is 0 Å². The van der Waals surface area contributed by atoms with Gasteiger partial charge >= 0.3 is 0 Å². The van der Waals surface area contributed by atoms with E-state index in [1.54, 1.807) is 7.11 Å². The molecule has 1 nitrogen and oxygen atoms in total. The fourth-order valence-corrected chi connectivity index (χ4v) is 1.95. The van der Waals surface area contributed by atoms with E-state index in [1.807, 2.05) is 42.5 Å². The van der Waals surface area contributed by atoms with Crippen LogP contribution in [-0.4, -0.2) is 15.0 Å². The number of halogens is 1. The summed E-state index contributed by atoms with van der Waals surface area (Å²) in [5, 5.41) is 0.711. The lowest BCUT2D eigenvalue weighted by molar-refractivity contribution is 0.416. The first kappa shape index (κ1) is 12.1. The Hall–Kier alpha value is -1.41. The van der Waals surface area contributed by atoms with Crippen molar-refractivity contribution < 1.29 is 4.74 Å². The molecule has 2 aromatic carbocycles. The van der Waals surface area contributed by atoms with Crippen molar-refractivity contribution in [2.75, 3.05) is 7.11 Å². The molecule has 0 N–H and O–H groups in total. The second-order valence-corrected chi connectivity index (χ2v) is 4.19. The van der Waals surface area contributed by atoms with Crippen LogP contribution in [0.25, 0.3) is 11.1 Å². The quantitative estimate of drug-likeness (QED) is 0.746. The Balaban J connectivity index is 2.56. The first-order valence-electron chi connectivity index (χ1n) is 5.37. The average molecular weight is 243 g/mol. The van der Waals surface area contributed by atoms with E-state index in [2.05, 4.69) is 0 Å². The van der Waals surface area contributed by atoms with Gasteiger partial charge in [0.25, 0.3) is 0 Å². The predicted octanol–water partition coefficient (Wildman–Crippen LogP) is 3.68. The molecule has 0 amide bonds. The highest BCUT2D eigenvalue weighted by Crippen LogP contribution is 2.32. The summed E-state index contributed by atoms with van der Waals surface area (Å²) < 4.78 is 5.36. The molecule has 0 fully saturated rings. The minimum atomic E-state index is 0.511. The zero-order valence-electron chi connectivity index (χ0n) is 9.61. The van der Waals surface area contributed by atoms with Crippen molar-refractivity contribution in [1.29, 1.82) is 0 Å². The first-order chi connectivity index (χ1) is 8.24. The monoisotopic (exact) mass is 242 g/mol. The van der Waals surface area contributed by atoms with E-state index in [0.717, 1.165) is 22.4 Å². The summed E-state index contributed by atoms with van der Waals surface area (Å²) in [4.78, 5) is 0. The van der Waals surface area contributed by atoms with Gasteiger partial charge in [-0.1, -0.05) is 41.7 Å². The van der Waals surface area contributed by atoms with Crippen LogP contribution in [0.2, 0.25) is 5.02 Å². The van der Waals surface area contributed by atoms with Crippen molar-refractivity contribution in [3.8, 4) is 16.9 Å². The molecule has 0 atom stereocenters. The molecule has 0 spiro atoms. The fourth-order valence-electron chi connectivity index (χ4n) is 1.76. The summed E-state index contributed by atoms with van der Waals surface area (Å²) in [6.07, 6.45) is 0.511. The molecule has 2 radical (unpaired) electrons. The van der Waals surface area contributed by atoms with Gasteiger partial charge in [0.05, 0.1) is 15.0 Å². The molecule has 0 aliphatic heterocycles. The van der Waals surface area contributed by atoms with Crippen LogP contribution in [0.15, 0.2) is 42.5 Å². The SMILES string of the molecule is [B]Cc1ccc(OC)c(-c2cccc(Cl)c2)c1. The number of ether oxygens (including phenoxy) is 1. The van der Waals surface area contributed by atoms with E-state index in [4.69, 9.17) is 24.2 Å². The van der Waals surface area contributed by atoms with Crippen molar-refractivity contribution in [2.24, 2.45) is 0 Å². The lowest BCUT2D eigenvalue weighted by Gasteiger charge is -2.10. The summed E-state index contributed by atoms with van der Waals surface area (Å²) in [6.45, 7) is 0. The van der Waals surface area contributed by atoms with Gasteiger partial charge < -0.3 is 4.74 Å². The van der Waals surface area contributed by atoms with Gasteiger partial charge in [-0.05, 0) is 29.8 Å². The second-order valence-electron chi connectivity index (χ2n) is 3.75. The first-order valence-corrected chi connectivity index (χ1v) is 5.75. The zero-order chi connectivity index (χ0) is 12.3. The molecule has 0 bridgehead atoms. The third-order valence-corrected chi connectivity index (χ3v) is 2.87. The topological polar surface area (TPSA) is 9.23 Å². The zero-order valence-corrected chi connectivity index (χ0v) is 10.4. The lowest BCUT2D eigenvalue weighted by atomic mass is 9.93. The Morgan fingerprint density at radius 2 is 2.00 bits per heavy atom. The molecule has 2 rings (SSSR count). The Kier molecular flexibility index (Phi) is 3.75. The van der Waals surface area contributed by atoms with E-state index < -0.39 is 0 Å². The molecule has 0 aromatic heterocycles. The highest BCUT2D eigenvalue weighted by atomic mass is 35.5. The van der Waals surface area contributed by atoms with Gasteiger partial charge in [-0.15, -0.1) is 0 Å². The minimum Gasteiger partial charge on any atom is -0.496 e. The lowest BCUT2D eigenvalue weighted by Crippen LogP contribution is -1.91. The van der Waals surface area contributed by atoms with Crippen molar-refractivity contribution in [3.63, 3.8) is 0 Å². The number of rotatable bonds is 3. The van der Waals surface area contributed by atoms with E-state index in [0.29, 0.717) is 11.3 Å². The summed E-state index contributed by atoms with van der Waals surface area (Å²) >= 11 is 6.00. The van der Waals surface area contributed by atoms with Gasteiger partial charge in [-0.25, -0.2) is 0 Å². The van der Waals surface area contributed by atoms with Crippen LogP contribution in [0.1, 0.15) is 5.56 Å². The van der Waals surface area contributed by atoms with Gasteiger partial charge in [0.15, 0.2) is 0 Å². The predicted molar refractivity (Wildman–Crippen MR) is 72.9 cm³/mol. The Bertz CT molecular complexity index is 525. The molecule has 0 aliphatic rings.